The third kappa shape index (κ3) is 5.60. The Morgan fingerprint density at radius 2 is 1.39 bits per heavy atom. The quantitative estimate of drug-likeness (QED) is 0.532. The van der Waals surface area contributed by atoms with E-state index in [1.165, 1.54) is 0 Å². The van der Waals surface area contributed by atoms with Gasteiger partial charge in [-0.25, -0.2) is 4.79 Å². The summed E-state index contributed by atoms with van der Waals surface area (Å²) in [6, 6.07) is 25.8. The zero-order valence-electron chi connectivity index (χ0n) is 16.1. The number of nitrogens with zero attached hydrogens (tertiary/aromatic N) is 2. The smallest absolute Gasteiger partial charge is 0.322 e. The van der Waals surface area contributed by atoms with Gasteiger partial charge in [0.05, 0.1) is 0 Å². The lowest BCUT2D eigenvalue weighted by molar-refractivity contribution is 0.206. The molecule has 4 nitrogen and oxygen atoms in total. The van der Waals surface area contributed by atoms with Gasteiger partial charge in [-0.1, -0.05) is 58.4 Å². The number of rotatable bonds is 6. The van der Waals surface area contributed by atoms with Crippen molar-refractivity contribution in [2.75, 3.05) is 24.3 Å². The summed E-state index contributed by atoms with van der Waals surface area (Å²) < 4.78 is 0.979. The maximum absolute atomic E-state index is 13.0. The number of carbonyl (C=O) groups excluding carboxylic acids is 1. The normalized spacial score (nSPS) is 10.4. The van der Waals surface area contributed by atoms with Crippen LogP contribution in [0.2, 0.25) is 0 Å². The first kappa shape index (κ1) is 20.0. The molecule has 0 bridgehead atoms. The van der Waals surface area contributed by atoms with Gasteiger partial charge in [-0.05, 0) is 47.5 Å². The summed E-state index contributed by atoms with van der Waals surface area (Å²) in [5.74, 6) is 0. The largest absolute Gasteiger partial charge is 0.378 e. The first-order valence-electron chi connectivity index (χ1n) is 9.13. The molecule has 3 aromatic carbocycles. The predicted octanol–water partition coefficient (Wildman–Crippen LogP) is 5.75. The molecular formula is C23H24BrN3O. The summed E-state index contributed by atoms with van der Waals surface area (Å²) in [6.07, 6.45) is 0. The van der Waals surface area contributed by atoms with E-state index in [1.807, 2.05) is 73.6 Å². The molecule has 0 aliphatic heterocycles. The zero-order valence-corrected chi connectivity index (χ0v) is 17.7. The molecule has 0 aliphatic carbocycles. The number of carbonyl (C=O) groups is 1. The average Bonchev–Trinajstić information content (AvgIpc) is 2.70. The Balaban J connectivity index is 1.77. The van der Waals surface area contributed by atoms with Gasteiger partial charge in [0.1, 0.15) is 0 Å². The number of benzene rings is 3. The molecule has 0 atom stereocenters. The van der Waals surface area contributed by atoms with Crippen LogP contribution >= 0.6 is 15.9 Å². The van der Waals surface area contributed by atoms with Gasteiger partial charge in [0.2, 0.25) is 0 Å². The number of anilines is 2. The molecule has 144 valence electrons. The summed E-state index contributed by atoms with van der Waals surface area (Å²) in [6.45, 7) is 1.07. The molecule has 0 unspecified atom stereocenters. The number of halogens is 1. The van der Waals surface area contributed by atoms with Crippen LogP contribution in [0.15, 0.2) is 83.3 Å². The molecule has 0 heterocycles. The average molecular weight is 438 g/mol. The lowest BCUT2D eigenvalue weighted by Gasteiger charge is -2.24. The maximum Gasteiger partial charge on any atom is 0.322 e. The highest BCUT2D eigenvalue weighted by molar-refractivity contribution is 9.10. The third-order valence-electron chi connectivity index (χ3n) is 4.43. The van der Waals surface area contributed by atoms with Crippen LogP contribution in [-0.2, 0) is 13.1 Å². The zero-order chi connectivity index (χ0) is 19.9. The van der Waals surface area contributed by atoms with Gasteiger partial charge in [-0.2, -0.15) is 0 Å². The van der Waals surface area contributed by atoms with Crippen molar-refractivity contribution in [1.29, 1.82) is 0 Å². The minimum atomic E-state index is -0.122. The third-order valence-corrected chi connectivity index (χ3v) is 4.95. The summed E-state index contributed by atoms with van der Waals surface area (Å²) in [5.41, 5.74) is 4.10. The van der Waals surface area contributed by atoms with E-state index in [0.29, 0.717) is 13.1 Å². The molecule has 3 rings (SSSR count). The van der Waals surface area contributed by atoms with Gasteiger partial charge in [0.15, 0.2) is 0 Å². The first-order valence-corrected chi connectivity index (χ1v) is 9.92. The van der Waals surface area contributed by atoms with Gasteiger partial charge in [0.25, 0.3) is 0 Å². The Morgan fingerprint density at radius 1 is 0.821 bits per heavy atom. The van der Waals surface area contributed by atoms with E-state index in [2.05, 4.69) is 50.4 Å². The Kier molecular flexibility index (Phi) is 6.71. The van der Waals surface area contributed by atoms with Crippen LogP contribution in [0, 0.1) is 0 Å². The Morgan fingerprint density at radius 3 is 1.96 bits per heavy atom. The standard InChI is InChI=1S/C23H24BrN3O/c1-26(2)22-14-8-19(9-15-22)17-27(16-18-6-4-3-5-7-18)23(28)25-21-12-10-20(24)11-13-21/h3-15H,16-17H2,1-2H3,(H,25,28). The van der Waals surface area contributed by atoms with E-state index in [4.69, 9.17) is 0 Å². The SMILES string of the molecule is CN(C)c1ccc(CN(Cc2ccccc2)C(=O)Nc2ccc(Br)cc2)cc1. The van der Waals surface area contributed by atoms with Crippen LogP contribution in [0.25, 0.3) is 0 Å². The van der Waals surface area contributed by atoms with E-state index in [-0.39, 0.29) is 6.03 Å². The first-order chi connectivity index (χ1) is 13.5. The number of nitrogens with one attached hydrogen (secondary N) is 1. The van der Waals surface area contributed by atoms with Crippen molar-refractivity contribution < 1.29 is 4.79 Å². The van der Waals surface area contributed by atoms with Crippen molar-refractivity contribution in [3.8, 4) is 0 Å². The topological polar surface area (TPSA) is 35.6 Å². The molecule has 0 aliphatic rings. The van der Waals surface area contributed by atoms with Gasteiger partial charge in [-0.15, -0.1) is 0 Å². The van der Waals surface area contributed by atoms with Crippen LogP contribution < -0.4 is 10.2 Å². The van der Waals surface area contributed by atoms with Crippen LogP contribution in [-0.4, -0.2) is 25.0 Å². The minimum absolute atomic E-state index is 0.122. The summed E-state index contributed by atoms with van der Waals surface area (Å²) >= 11 is 3.42. The van der Waals surface area contributed by atoms with Crippen LogP contribution in [0.3, 0.4) is 0 Å². The van der Waals surface area contributed by atoms with Crippen molar-refractivity contribution in [2.24, 2.45) is 0 Å². The van der Waals surface area contributed by atoms with Crippen LogP contribution in [0.5, 0.6) is 0 Å². The van der Waals surface area contributed by atoms with E-state index in [9.17, 15) is 4.79 Å². The summed E-state index contributed by atoms with van der Waals surface area (Å²) in [4.78, 5) is 16.9. The van der Waals surface area contributed by atoms with Crippen LogP contribution in [0.4, 0.5) is 16.2 Å². The van der Waals surface area contributed by atoms with Crippen molar-refractivity contribution in [2.45, 2.75) is 13.1 Å². The van der Waals surface area contributed by atoms with Crippen molar-refractivity contribution in [1.82, 2.24) is 4.90 Å². The molecular weight excluding hydrogens is 414 g/mol. The second-order valence-corrected chi connectivity index (χ2v) is 7.76. The fourth-order valence-corrected chi connectivity index (χ4v) is 3.12. The predicted molar refractivity (Wildman–Crippen MR) is 120 cm³/mol. The number of hydrogen-bond acceptors (Lipinski definition) is 2. The molecule has 2 amide bonds. The van der Waals surface area contributed by atoms with Gasteiger partial charge < -0.3 is 15.1 Å². The Labute approximate surface area is 174 Å². The highest BCUT2D eigenvalue weighted by atomic mass is 79.9. The van der Waals surface area contributed by atoms with E-state index >= 15 is 0 Å². The lowest BCUT2D eigenvalue weighted by atomic mass is 10.1. The van der Waals surface area contributed by atoms with E-state index < -0.39 is 0 Å². The molecule has 0 spiro atoms. The highest BCUT2D eigenvalue weighted by Crippen LogP contribution is 2.18. The number of hydrogen-bond donors (Lipinski definition) is 1. The fourth-order valence-electron chi connectivity index (χ4n) is 2.86. The Bertz CT molecular complexity index is 893. The molecule has 5 heteroatoms. The number of amides is 2. The van der Waals surface area contributed by atoms with Crippen molar-refractivity contribution in [3.05, 3.63) is 94.5 Å². The van der Waals surface area contributed by atoms with Gasteiger partial charge >= 0.3 is 6.03 Å². The molecule has 0 fully saturated rings. The Hall–Kier alpha value is -2.79. The second-order valence-electron chi connectivity index (χ2n) is 6.84. The summed E-state index contributed by atoms with van der Waals surface area (Å²) in [5, 5.41) is 3.00. The molecule has 0 radical (unpaired) electrons. The molecule has 28 heavy (non-hydrogen) atoms. The minimum Gasteiger partial charge on any atom is -0.378 e. The van der Waals surface area contributed by atoms with E-state index in [1.54, 1.807) is 0 Å². The highest BCUT2D eigenvalue weighted by Gasteiger charge is 2.15. The fraction of sp³-hybridized carbons (Fsp3) is 0.174. The molecule has 1 N–H and O–H groups in total. The maximum atomic E-state index is 13.0. The van der Waals surface area contributed by atoms with Gasteiger partial charge in [-0.3, -0.25) is 0 Å². The monoisotopic (exact) mass is 437 g/mol. The summed E-state index contributed by atoms with van der Waals surface area (Å²) in [7, 11) is 4.03. The molecule has 0 saturated heterocycles. The molecule has 0 aromatic heterocycles. The van der Waals surface area contributed by atoms with E-state index in [0.717, 1.165) is 27.0 Å². The van der Waals surface area contributed by atoms with Gasteiger partial charge in [0, 0.05) is 43.0 Å². The number of urea groups is 1. The lowest BCUT2D eigenvalue weighted by Crippen LogP contribution is -2.34. The van der Waals surface area contributed by atoms with Crippen LogP contribution in [0.1, 0.15) is 11.1 Å². The molecule has 0 saturated carbocycles. The second kappa shape index (κ2) is 9.42. The molecule has 3 aromatic rings. The van der Waals surface area contributed by atoms with Crippen molar-refractivity contribution in [3.63, 3.8) is 0 Å². The van der Waals surface area contributed by atoms with Crippen molar-refractivity contribution >= 4 is 33.3 Å².